The van der Waals surface area contributed by atoms with Crippen molar-refractivity contribution in [3.05, 3.63) is 0 Å². The summed E-state index contributed by atoms with van der Waals surface area (Å²) in [4.78, 5) is 8.41. The third kappa shape index (κ3) is 2.06. The van der Waals surface area contributed by atoms with Crippen molar-refractivity contribution in [1.82, 2.24) is 0 Å². The van der Waals surface area contributed by atoms with Gasteiger partial charge in [0.05, 0.1) is 0 Å². The normalized spacial score (nSPS) is 18.1. The Labute approximate surface area is 78.0 Å². The van der Waals surface area contributed by atoms with Crippen molar-refractivity contribution in [2.24, 2.45) is 0 Å². The molecule has 0 heterocycles. The standard InChI is InChI=1S/C4H4Cl4O2/c1-3(5,2(9)10)4(6,7)8/h1H3,(H,9,10). The highest BCUT2D eigenvalue weighted by molar-refractivity contribution is 6.72. The van der Waals surface area contributed by atoms with E-state index in [1.54, 1.807) is 0 Å². The minimum Gasteiger partial charge on any atom is -0.480 e. The van der Waals surface area contributed by atoms with Crippen LogP contribution in [-0.2, 0) is 4.79 Å². The smallest absolute Gasteiger partial charge is 0.328 e. The van der Waals surface area contributed by atoms with Gasteiger partial charge >= 0.3 is 5.97 Å². The fraction of sp³-hybridized carbons (Fsp3) is 0.750. The van der Waals surface area contributed by atoms with Crippen LogP contribution in [0, 0.1) is 0 Å². The van der Waals surface area contributed by atoms with E-state index in [9.17, 15) is 4.79 Å². The van der Waals surface area contributed by atoms with Gasteiger partial charge in [-0.1, -0.05) is 34.8 Å². The number of carbonyl (C=O) groups is 1. The summed E-state index contributed by atoms with van der Waals surface area (Å²) in [5.74, 6) is -1.37. The van der Waals surface area contributed by atoms with Crippen LogP contribution >= 0.6 is 46.4 Å². The first kappa shape index (κ1) is 10.6. The van der Waals surface area contributed by atoms with Gasteiger partial charge in [0.15, 0.2) is 4.87 Å². The van der Waals surface area contributed by atoms with Gasteiger partial charge in [0, 0.05) is 0 Å². The SMILES string of the molecule is CC(Cl)(C(=O)O)C(Cl)(Cl)Cl. The maximum atomic E-state index is 10.3. The maximum Gasteiger partial charge on any atom is 0.328 e. The van der Waals surface area contributed by atoms with Crippen molar-refractivity contribution in [3.63, 3.8) is 0 Å². The molecule has 0 aromatic carbocycles. The number of halogens is 4. The summed E-state index contributed by atoms with van der Waals surface area (Å²) in [6.07, 6.45) is 0. The lowest BCUT2D eigenvalue weighted by Crippen LogP contribution is -2.41. The summed E-state index contributed by atoms with van der Waals surface area (Å²) < 4.78 is -2.00. The molecule has 60 valence electrons. The minimum absolute atomic E-state index is 1.11. The lowest BCUT2D eigenvalue weighted by atomic mass is 10.2. The van der Waals surface area contributed by atoms with Crippen molar-refractivity contribution in [1.29, 1.82) is 0 Å². The summed E-state index contributed by atoms with van der Waals surface area (Å²) in [7, 11) is 0. The van der Waals surface area contributed by atoms with Crippen LogP contribution in [0.4, 0.5) is 0 Å². The fourth-order valence-electron chi connectivity index (χ4n) is 0.121. The number of hydrogen-bond acceptors (Lipinski definition) is 1. The molecule has 0 aliphatic carbocycles. The molecule has 0 bridgehead atoms. The Balaban J connectivity index is 4.57. The lowest BCUT2D eigenvalue weighted by Gasteiger charge is -2.24. The van der Waals surface area contributed by atoms with Crippen molar-refractivity contribution in [3.8, 4) is 0 Å². The van der Waals surface area contributed by atoms with Crippen LogP contribution in [0.2, 0.25) is 0 Å². The van der Waals surface area contributed by atoms with Crippen LogP contribution in [0.15, 0.2) is 0 Å². The zero-order valence-electron chi connectivity index (χ0n) is 4.87. The van der Waals surface area contributed by atoms with Crippen molar-refractivity contribution in [2.45, 2.75) is 15.6 Å². The highest BCUT2D eigenvalue weighted by atomic mass is 35.6. The largest absolute Gasteiger partial charge is 0.480 e. The number of hydrogen-bond donors (Lipinski definition) is 1. The molecular weight excluding hydrogens is 222 g/mol. The first-order chi connectivity index (χ1) is 4.19. The van der Waals surface area contributed by atoms with E-state index < -0.39 is 14.6 Å². The Morgan fingerprint density at radius 2 is 1.60 bits per heavy atom. The van der Waals surface area contributed by atoms with Gasteiger partial charge in [-0.3, -0.25) is 4.79 Å². The third-order valence-corrected chi connectivity index (χ3v) is 2.80. The van der Waals surface area contributed by atoms with E-state index in [2.05, 4.69) is 0 Å². The highest BCUT2D eigenvalue weighted by Crippen LogP contribution is 2.42. The summed E-state index contributed by atoms with van der Waals surface area (Å²) in [5.41, 5.74) is 0. The minimum atomic E-state index is -2.00. The van der Waals surface area contributed by atoms with E-state index in [-0.39, 0.29) is 0 Å². The quantitative estimate of drug-likeness (QED) is 0.697. The zero-order chi connectivity index (χ0) is 8.58. The molecule has 0 aliphatic heterocycles. The van der Waals surface area contributed by atoms with Crippen LogP contribution < -0.4 is 0 Å². The zero-order valence-corrected chi connectivity index (χ0v) is 7.89. The molecule has 6 heteroatoms. The average molecular weight is 226 g/mol. The number of rotatable bonds is 1. The molecule has 0 amide bonds. The molecule has 1 atom stereocenters. The van der Waals surface area contributed by atoms with E-state index in [0.29, 0.717) is 0 Å². The molecule has 0 aliphatic rings. The molecule has 0 aromatic rings. The second-order valence-corrected chi connectivity index (χ2v) is 4.84. The Morgan fingerprint density at radius 3 is 1.60 bits per heavy atom. The Morgan fingerprint density at radius 1 is 1.30 bits per heavy atom. The third-order valence-electron chi connectivity index (χ3n) is 0.934. The van der Waals surface area contributed by atoms with Gasteiger partial charge in [-0.15, -0.1) is 11.6 Å². The van der Waals surface area contributed by atoms with Crippen molar-refractivity contribution >= 4 is 52.4 Å². The van der Waals surface area contributed by atoms with Crippen molar-refractivity contribution < 1.29 is 9.90 Å². The first-order valence-electron chi connectivity index (χ1n) is 2.18. The lowest BCUT2D eigenvalue weighted by molar-refractivity contribution is -0.139. The molecule has 0 spiro atoms. The Hall–Kier alpha value is 0.630. The fourth-order valence-corrected chi connectivity index (χ4v) is 0.364. The van der Waals surface area contributed by atoms with Crippen LogP contribution in [0.1, 0.15) is 6.92 Å². The van der Waals surface area contributed by atoms with E-state index >= 15 is 0 Å². The van der Waals surface area contributed by atoms with Crippen LogP contribution in [0.5, 0.6) is 0 Å². The number of carboxylic acid groups (broad SMARTS) is 1. The summed E-state index contributed by atoms with van der Waals surface area (Å²) in [6, 6.07) is 0. The molecule has 1 unspecified atom stereocenters. The predicted octanol–water partition coefficient (Wildman–Crippen LogP) is 2.44. The number of aliphatic carboxylic acids is 1. The molecule has 0 fully saturated rings. The predicted molar refractivity (Wildman–Crippen MR) is 42.2 cm³/mol. The molecule has 0 radical (unpaired) electrons. The molecular formula is C4H4Cl4O2. The highest BCUT2D eigenvalue weighted by Gasteiger charge is 2.49. The second kappa shape index (κ2) is 2.94. The van der Waals surface area contributed by atoms with E-state index in [1.165, 1.54) is 0 Å². The molecule has 0 aromatic heterocycles. The molecule has 0 saturated heterocycles. The molecule has 10 heavy (non-hydrogen) atoms. The Kier molecular flexibility index (Phi) is 3.12. The van der Waals surface area contributed by atoms with Gasteiger partial charge in [-0.05, 0) is 6.92 Å². The number of alkyl halides is 4. The van der Waals surface area contributed by atoms with E-state index in [4.69, 9.17) is 51.5 Å². The van der Waals surface area contributed by atoms with Crippen LogP contribution in [-0.4, -0.2) is 19.7 Å². The summed E-state index contributed by atoms with van der Waals surface area (Å²) in [6.45, 7) is 1.11. The molecule has 2 nitrogen and oxygen atoms in total. The van der Waals surface area contributed by atoms with Crippen LogP contribution in [0.25, 0.3) is 0 Å². The van der Waals surface area contributed by atoms with E-state index in [0.717, 1.165) is 6.92 Å². The van der Waals surface area contributed by atoms with Gasteiger partial charge in [0.1, 0.15) is 0 Å². The van der Waals surface area contributed by atoms with Crippen molar-refractivity contribution in [2.75, 3.05) is 0 Å². The first-order valence-corrected chi connectivity index (χ1v) is 3.70. The van der Waals surface area contributed by atoms with Gasteiger partial charge in [0.25, 0.3) is 0 Å². The van der Waals surface area contributed by atoms with Gasteiger partial charge < -0.3 is 5.11 Å². The molecule has 0 rings (SSSR count). The van der Waals surface area contributed by atoms with E-state index in [1.807, 2.05) is 0 Å². The average Bonchev–Trinajstić information content (AvgIpc) is 1.62. The summed E-state index contributed by atoms with van der Waals surface area (Å²) >= 11 is 21.1. The van der Waals surface area contributed by atoms with Crippen LogP contribution in [0.3, 0.4) is 0 Å². The summed E-state index contributed by atoms with van der Waals surface area (Å²) in [5, 5.41) is 8.39. The monoisotopic (exact) mass is 224 g/mol. The number of carboxylic acids is 1. The topological polar surface area (TPSA) is 37.3 Å². The maximum absolute atomic E-state index is 10.3. The molecule has 1 N–H and O–H groups in total. The van der Waals surface area contributed by atoms with Gasteiger partial charge in [0.2, 0.25) is 3.79 Å². The Bertz CT molecular complexity index is 148. The van der Waals surface area contributed by atoms with Gasteiger partial charge in [-0.25, -0.2) is 0 Å². The van der Waals surface area contributed by atoms with Gasteiger partial charge in [-0.2, -0.15) is 0 Å². The molecule has 0 saturated carbocycles. The second-order valence-electron chi connectivity index (χ2n) is 1.81.